The van der Waals surface area contributed by atoms with Crippen LogP contribution in [-0.2, 0) is 0 Å². The molecule has 5 aromatic rings. The minimum atomic E-state index is 1.02. The van der Waals surface area contributed by atoms with Gasteiger partial charge in [-0.05, 0) is 52.6 Å². The largest absolute Gasteiger partial charge is 0.248 e. The van der Waals surface area contributed by atoms with Crippen molar-refractivity contribution in [2.24, 2.45) is 0 Å². The van der Waals surface area contributed by atoms with Gasteiger partial charge in [-0.2, -0.15) is 0 Å². The molecule has 1 nitrogen and oxygen atoms in total. The summed E-state index contributed by atoms with van der Waals surface area (Å²) in [7, 11) is 0. The third-order valence-corrected chi connectivity index (χ3v) is 5.22. The van der Waals surface area contributed by atoms with Crippen molar-refractivity contribution in [3.63, 3.8) is 0 Å². The molecule has 0 fully saturated rings. The molecule has 128 valence electrons. The topological polar surface area (TPSA) is 12.9 Å². The van der Waals surface area contributed by atoms with Gasteiger partial charge in [0.1, 0.15) is 0 Å². The first-order valence-electron chi connectivity index (χ1n) is 9.24. The zero-order valence-electron chi connectivity index (χ0n) is 15.2. The number of nitrogens with zero attached hydrogens (tertiary/aromatic N) is 1. The van der Waals surface area contributed by atoms with Gasteiger partial charge in [0.15, 0.2) is 0 Å². The Bertz CT molecular complexity index is 1270. The fraction of sp³-hybridized carbons (Fsp3) is 0.0385. The lowest BCUT2D eigenvalue weighted by atomic mass is 9.97. The van der Waals surface area contributed by atoms with Crippen LogP contribution in [0.5, 0.6) is 0 Å². The van der Waals surface area contributed by atoms with E-state index >= 15 is 0 Å². The number of hydrogen-bond donors (Lipinski definition) is 0. The first-order valence-corrected chi connectivity index (χ1v) is 9.24. The third kappa shape index (κ3) is 2.78. The lowest BCUT2D eigenvalue weighted by Gasteiger charge is -2.11. The van der Waals surface area contributed by atoms with Crippen molar-refractivity contribution in [3.8, 4) is 22.4 Å². The molecule has 4 aromatic carbocycles. The molecule has 0 aliphatic rings. The Hall–Kier alpha value is -3.45. The summed E-state index contributed by atoms with van der Waals surface area (Å²) in [5, 5.41) is 3.71. The van der Waals surface area contributed by atoms with Gasteiger partial charge in [-0.25, -0.2) is 4.98 Å². The summed E-state index contributed by atoms with van der Waals surface area (Å²) in [5.74, 6) is 0. The number of fused-ring (bicyclic) bond motifs is 3. The number of rotatable bonds is 2. The summed E-state index contributed by atoms with van der Waals surface area (Å²) < 4.78 is 0. The third-order valence-electron chi connectivity index (χ3n) is 5.22. The van der Waals surface area contributed by atoms with Crippen LogP contribution in [0.4, 0.5) is 0 Å². The van der Waals surface area contributed by atoms with Crippen LogP contribution in [0.2, 0.25) is 0 Å². The molecular formula is C26H19N. The number of pyridine rings is 1. The fourth-order valence-corrected chi connectivity index (χ4v) is 3.74. The Kier molecular flexibility index (Phi) is 3.72. The zero-order chi connectivity index (χ0) is 18.2. The Balaban J connectivity index is 1.68. The van der Waals surface area contributed by atoms with Gasteiger partial charge in [-0.1, -0.05) is 78.9 Å². The summed E-state index contributed by atoms with van der Waals surface area (Å²) in [5.41, 5.74) is 6.93. The number of benzene rings is 4. The normalized spacial score (nSPS) is 11.1. The molecule has 0 atom stereocenters. The highest BCUT2D eigenvalue weighted by Gasteiger charge is 2.08. The van der Waals surface area contributed by atoms with E-state index in [9.17, 15) is 0 Å². The molecule has 0 saturated heterocycles. The van der Waals surface area contributed by atoms with E-state index < -0.39 is 0 Å². The van der Waals surface area contributed by atoms with Crippen LogP contribution in [0, 0.1) is 6.92 Å². The second-order valence-corrected chi connectivity index (χ2v) is 6.95. The molecule has 5 rings (SSSR count). The van der Waals surface area contributed by atoms with Crippen LogP contribution >= 0.6 is 0 Å². The SMILES string of the molecule is Cc1ccc(-c2ccccc2)cc1-c1ccc2c(ccc3ccccc32)n1. The molecule has 0 N–H and O–H groups in total. The minimum absolute atomic E-state index is 1.02. The maximum absolute atomic E-state index is 4.99. The minimum Gasteiger partial charge on any atom is -0.248 e. The summed E-state index contributed by atoms with van der Waals surface area (Å²) in [6.45, 7) is 2.15. The highest BCUT2D eigenvalue weighted by Crippen LogP contribution is 2.31. The highest BCUT2D eigenvalue weighted by molar-refractivity contribution is 6.06. The molecule has 0 saturated carbocycles. The van der Waals surface area contributed by atoms with Crippen LogP contribution in [-0.4, -0.2) is 4.98 Å². The molecule has 27 heavy (non-hydrogen) atoms. The number of aryl methyl sites for hydroxylation is 1. The van der Waals surface area contributed by atoms with Gasteiger partial charge < -0.3 is 0 Å². The molecular weight excluding hydrogens is 326 g/mol. The fourth-order valence-electron chi connectivity index (χ4n) is 3.74. The van der Waals surface area contributed by atoms with Gasteiger partial charge in [0.2, 0.25) is 0 Å². The van der Waals surface area contributed by atoms with Crippen LogP contribution in [0.25, 0.3) is 44.1 Å². The predicted octanol–water partition coefficient (Wildman–Crippen LogP) is 7.03. The van der Waals surface area contributed by atoms with Gasteiger partial charge in [-0.3, -0.25) is 0 Å². The highest BCUT2D eigenvalue weighted by atomic mass is 14.7. The summed E-state index contributed by atoms with van der Waals surface area (Å²) in [4.78, 5) is 4.99. The van der Waals surface area contributed by atoms with E-state index in [1.165, 1.54) is 38.4 Å². The van der Waals surface area contributed by atoms with Crippen molar-refractivity contribution in [1.29, 1.82) is 0 Å². The Morgan fingerprint density at radius 2 is 1.41 bits per heavy atom. The van der Waals surface area contributed by atoms with Crippen molar-refractivity contribution >= 4 is 21.7 Å². The lowest BCUT2D eigenvalue weighted by Crippen LogP contribution is -1.90. The second-order valence-electron chi connectivity index (χ2n) is 6.95. The van der Waals surface area contributed by atoms with Crippen LogP contribution < -0.4 is 0 Å². The Morgan fingerprint density at radius 1 is 0.593 bits per heavy atom. The summed E-state index contributed by atoms with van der Waals surface area (Å²) in [6, 6.07) is 34.2. The van der Waals surface area contributed by atoms with Crippen LogP contribution in [0.15, 0.2) is 97.1 Å². The number of aromatic nitrogens is 1. The first-order chi connectivity index (χ1) is 13.3. The van der Waals surface area contributed by atoms with E-state index in [0.29, 0.717) is 0 Å². The van der Waals surface area contributed by atoms with Gasteiger partial charge in [-0.15, -0.1) is 0 Å². The standard InChI is InChI=1S/C26H19N/c1-18-11-12-21(19-7-3-2-4-8-19)17-24(18)26-16-14-23-22-10-6-5-9-20(22)13-15-25(23)27-26/h2-17H,1H3. The van der Waals surface area contributed by atoms with E-state index in [1.807, 2.05) is 6.07 Å². The molecule has 0 spiro atoms. The quantitative estimate of drug-likeness (QED) is 0.313. The Labute approximate surface area is 158 Å². The molecule has 1 aromatic heterocycles. The summed E-state index contributed by atoms with van der Waals surface area (Å²) >= 11 is 0. The predicted molar refractivity (Wildman–Crippen MR) is 115 cm³/mol. The van der Waals surface area contributed by atoms with Crippen molar-refractivity contribution in [1.82, 2.24) is 4.98 Å². The average Bonchev–Trinajstić information content (AvgIpc) is 2.74. The second kappa shape index (κ2) is 6.37. The Morgan fingerprint density at radius 3 is 2.30 bits per heavy atom. The van der Waals surface area contributed by atoms with Gasteiger partial charge >= 0.3 is 0 Å². The zero-order valence-corrected chi connectivity index (χ0v) is 15.2. The molecule has 0 radical (unpaired) electrons. The van der Waals surface area contributed by atoms with Gasteiger partial charge in [0.05, 0.1) is 11.2 Å². The van der Waals surface area contributed by atoms with E-state index in [2.05, 4.69) is 97.9 Å². The van der Waals surface area contributed by atoms with Crippen LogP contribution in [0.1, 0.15) is 5.56 Å². The lowest BCUT2D eigenvalue weighted by molar-refractivity contribution is 1.36. The molecule has 0 bridgehead atoms. The number of hydrogen-bond acceptors (Lipinski definition) is 1. The van der Waals surface area contributed by atoms with E-state index in [1.54, 1.807) is 0 Å². The smallest absolute Gasteiger partial charge is 0.0715 e. The molecule has 1 heteroatoms. The van der Waals surface area contributed by atoms with Gasteiger partial charge in [0, 0.05) is 10.9 Å². The monoisotopic (exact) mass is 345 g/mol. The van der Waals surface area contributed by atoms with Crippen molar-refractivity contribution in [3.05, 3.63) is 103 Å². The summed E-state index contributed by atoms with van der Waals surface area (Å²) in [6.07, 6.45) is 0. The molecule has 1 heterocycles. The van der Waals surface area contributed by atoms with E-state index in [4.69, 9.17) is 4.98 Å². The van der Waals surface area contributed by atoms with Crippen molar-refractivity contribution in [2.75, 3.05) is 0 Å². The first kappa shape index (κ1) is 15.8. The van der Waals surface area contributed by atoms with Crippen molar-refractivity contribution < 1.29 is 0 Å². The maximum Gasteiger partial charge on any atom is 0.0715 e. The molecule has 0 aliphatic heterocycles. The van der Waals surface area contributed by atoms with E-state index in [-0.39, 0.29) is 0 Å². The van der Waals surface area contributed by atoms with Gasteiger partial charge in [0.25, 0.3) is 0 Å². The molecule has 0 aliphatic carbocycles. The van der Waals surface area contributed by atoms with E-state index in [0.717, 1.165) is 11.2 Å². The van der Waals surface area contributed by atoms with Crippen LogP contribution in [0.3, 0.4) is 0 Å². The van der Waals surface area contributed by atoms with Crippen molar-refractivity contribution in [2.45, 2.75) is 6.92 Å². The molecule has 0 unspecified atom stereocenters. The average molecular weight is 345 g/mol. The maximum atomic E-state index is 4.99. The molecule has 0 amide bonds.